The summed E-state index contributed by atoms with van der Waals surface area (Å²) in [5, 5.41) is 4.14. The Labute approximate surface area is 171 Å². The summed E-state index contributed by atoms with van der Waals surface area (Å²) in [6.07, 6.45) is 0. The molecule has 0 spiro atoms. The fourth-order valence-electron chi connectivity index (χ4n) is 3.46. The van der Waals surface area contributed by atoms with Crippen LogP contribution >= 0.6 is 0 Å². The molecule has 0 unspecified atom stereocenters. The molecule has 3 aromatic rings. The third-order valence-electron chi connectivity index (χ3n) is 5.21. The minimum atomic E-state index is 0.329. The number of rotatable bonds is 5. The molecule has 1 saturated heterocycles. The number of anilines is 1. The van der Waals surface area contributed by atoms with Crippen LogP contribution in [-0.4, -0.2) is 51.2 Å². The largest absolute Gasteiger partial charge is 0.354 e. The molecule has 0 bridgehead atoms. The van der Waals surface area contributed by atoms with Crippen molar-refractivity contribution < 1.29 is 4.52 Å². The molecule has 0 radical (unpaired) electrons. The van der Waals surface area contributed by atoms with Gasteiger partial charge in [0.1, 0.15) is 11.6 Å². The zero-order valence-electron chi connectivity index (χ0n) is 17.6. The Bertz CT molecular complexity index is 958. The maximum absolute atomic E-state index is 5.48. The molecule has 2 aromatic heterocycles. The van der Waals surface area contributed by atoms with Crippen molar-refractivity contribution in [1.82, 2.24) is 25.0 Å². The van der Waals surface area contributed by atoms with Crippen LogP contribution in [0.2, 0.25) is 0 Å². The number of aryl methyl sites for hydroxylation is 2. The second-order valence-corrected chi connectivity index (χ2v) is 8.02. The van der Waals surface area contributed by atoms with Gasteiger partial charge in [-0.3, -0.25) is 4.90 Å². The van der Waals surface area contributed by atoms with E-state index in [9.17, 15) is 0 Å². The fraction of sp³-hybridized carbons (Fsp3) is 0.455. The van der Waals surface area contributed by atoms with Gasteiger partial charge >= 0.3 is 0 Å². The Morgan fingerprint density at radius 1 is 0.966 bits per heavy atom. The van der Waals surface area contributed by atoms with E-state index >= 15 is 0 Å². The highest BCUT2D eigenvalue weighted by Gasteiger charge is 2.21. The zero-order chi connectivity index (χ0) is 20.4. The summed E-state index contributed by atoms with van der Waals surface area (Å²) in [6, 6.07) is 10.2. The minimum absolute atomic E-state index is 0.329. The topological polar surface area (TPSA) is 71.2 Å². The van der Waals surface area contributed by atoms with E-state index in [-0.39, 0.29) is 0 Å². The molecular weight excluding hydrogens is 364 g/mol. The van der Waals surface area contributed by atoms with E-state index in [1.165, 1.54) is 5.56 Å². The molecule has 0 atom stereocenters. The molecule has 1 aromatic carbocycles. The van der Waals surface area contributed by atoms with Gasteiger partial charge in [-0.25, -0.2) is 9.97 Å². The Hall–Kier alpha value is -2.80. The first-order valence-corrected chi connectivity index (χ1v) is 10.2. The van der Waals surface area contributed by atoms with E-state index in [4.69, 9.17) is 9.51 Å². The van der Waals surface area contributed by atoms with Gasteiger partial charge in [0.2, 0.25) is 11.7 Å². The van der Waals surface area contributed by atoms with Crippen molar-refractivity contribution in [3.63, 3.8) is 0 Å². The van der Waals surface area contributed by atoms with Gasteiger partial charge in [0.25, 0.3) is 0 Å². The van der Waals surface area contributed by atoms with Gasteiger partial charge in [-0.05, 0) is 13.8 Å². The lowest BCUT2D eigenvalue weighted by Crippen LogP contribution is -2.46. The number of aromatic nitrogens is 4. The molecule has 7 nitrogen and oxygen atoms in total. The third-order valence-corrected chi connectivity index (χ3v) is 5.21. The first-order chi connectivity index (χ1) is 14.0. The molecule has 1 aliphatic heterocycles. The van der Waals surface area contributed by atoms with Crippen molar-refractivity contribution in [3.05, 3.63) is 53.3 Å². The average Bonchev–Trinajstić information content (AvgIpc) is 3.17. The van der Waals surface area contributed by atoms with Gasteiger partial charge in [-0.15, -0.1) is 0 Å². The summed E-state index contributed by atoms with van der Waals surface area (Å²) < 4.78 is 5.48. The van der Waals surface area contributed by atoms with Gasteiger partial charge in [0.05, 0.1) is 6.54 Å². The molecule has 1 aliphatic rings. The lowest BCUT2D eigenvalue weighted by Gasteiger charge is -2.34. The van der Waals surface area contributed by atoms with Gasteiger partial charge in [0.15, 0.2) is 0 Å². The highest BCUT2D eigenvalue weighted by Crippen LogP contribution is 2.20. The molecule has 152 valence electrons. The SMILES string of the molecule is Cc1ccc(-c2noc(CN3CCN(c4cc(C)nc(C(C)C)n4)CC3)n2)cc1. The molecule has 29 heavy (non-hydrogen) atoms. The van der Waals surface area contributed by atoms with E-state index in [0.717, 1.165) is 49.1 Å². The van der Waals surface area contributed by atoms with Crippen LogP contribution in [-0.2, 0) is 6.54 Å². The Morgan fingerprint density at radius 3 is 2.38 bits per heavy atom. The second kappa shape index (κ2) is 8.29. The summed E-state index contributed by atoms with van der Waals surface area (Å²) in [7, 11) is 0. The maximum atomic E-state index is 5.48. The van der Waals surface area contributed by atoms with E-state index in [1.807, 2.05) is 19.1 Å². The highest BCUT2D eigenvalue weighted by atomic mass is 16.5. The number of benzene rings is 1. The Morgan fingerprint density at radius 2 is 1.69 bits per heavy atom. The number of piperazine rings is 1. The van der Waals surface area contributed by atoms with Crippen LogP contribution in [0.1, 0.15) is 42.7 Å². The molecule has 3 heterocycles. The van der Waals surface area contributed by atoms with E-state index in [1.54, 1.807) is 0 Å². The van der Waals surface area contributed by atoms with Crippen molar-refractivity contribution >= 4 is 5.82 Å². The predicted molar refractivity (Wildman–Crippen MR) is 113 cm³/mol. The van der Waals surface area contributed by atoms with Crippen molar-refractivity contribution in [1.29, 1.82) is 0 Å². The molecule has 0 saturated carbocycles. The monoisotopic (exact) mass is 392 g/mol. The van der Waals surface area contributed by atoms with Crippen LogP contribution in [0.5, 0.6) is 0 Å². The van der Waals surface area contributed by atoms with Crippen molar-refractivity contribution in [2.24, 2.45) is 0 Å². The summed E-state index contributed by atoms with van der Waals surface area (Å²) in [4.78, 5) is 18.6. The van der Waals surface area contributed by atoms with Crippen LogP contribution in [0.4, 0.5) is 5.82 Å². The fourth-order valence-corrected chi connectivity index (χ4v) is 3.46. The normalized spacial score (nSPS) is 15.3. The minimum Gasteiger partial charge on any atom is -0.354 e. The first-order valence-electron chi connectivity index (χ1n) is 10.2. The quantitative estimate of drug-likeness (QED) is 0.657. The van der Waals surface area contributed by atoms with Gasteiger partial charge in [0, 0.05) is 49.4 Å². The van der Waals surface area contributed by atoms with E-state index in [0.29, 0.717) is 24.2 Å². The predicted octanol–water partition coefficient (Wildman–Crippen LogP) is 3.59. The van der Waals surface area contributed by atoms with Crippen LogP contribution in [0.15, 0.2) is 34.9 Å². The molecule has 1 fully saturated rings. The lowest BCUT2D eigenvalue weighted by atomic mass is 10.1. The average molecular weight is 393 g/mol. The lowest BCUT2D eigenvalue weighted by molar-refractivity contribution is 0.215. The van der Waals surface area contributed by atoms with Crippen molar-refractivity contribution in [2.75, 3.05) is 31.1 Å². The summed E-state index contributed by atoms with van der Waals surface area (Å²) in [5.74, 6) is 3.58. The van der Waals surface area contributed by atoms with E-state index < -0.39 is 0 Å². The number of hydrogen-bond acceptors (Lipinski definition) is 7. The van der Waals surface area contributed by atoms with Gasteiger partial charge in [-0.2, -0.15) is 4.98 Å². The second-order valence-electron chi connectivity index (χ2n) is 8.02. The van der Waals surface area contributed by atoms with Crippen LogP contribution in [0, 0.1) is 13.8 Å². The van der Waals surface area contributed by atoms with Gasteiger partial charge < -0.3 is 9.42 Å². The standard InChI is InChI=1S/C22H28N6O/c1-15(2)21-23-17(4)13-19(24-21)28-11-9-27(10-12-28)14-20-25-22(26-29-20)18-7-5-16(3)6-8-18/h5-8,13,15H,9-12,14H2,1-4H3. The molecule has 7 heteroatoms. The molecule has 4 rings (SSSR count). The highest BCUT2D eigenvalue weighted by molar-refractivity contribution is 5.54. The summed E-state index contributed by atoms with van der Waals surface area (Å²) in [5.41, 5.74) is 3.22. The van der Waals surface area contributed by atoms with Crippen molar-refractivity contribution in [2.45, 2.75) is 40.2 Å². The molecule has 0 amide bonds. The maximum Gasteiger partial charge on any atom is 0.241 e. The van der Waals surface area contributed by atoms with Crippen LogP contribution in [0.25, 0.3) is 11.4 Å². The van der Waals surface area contributed by atoms with Gasteiger partial charge in [-0.1, -0.05) is 48.8 Å². The molecular formula is C22H28N6O. The Kier molecular flexibility index (Phi) is 5.58. The summed E-state index contributed by atoms with van der Waals surface area (Å²) in [6.45, 7) is 12.8. The smallest absolute Gasteiger partial charge is 0.241 e. The molecule has 0 aliphatic carbocycles. The summed E-state index contributed by atoms with van der Waals surface area (Å²) >= 11 is 0. The number of nitrogens with zero attached hydrogens (tertiary/aromatic N) is 6. The van der Waals surface area contributed by atoms with Crippen molar-refractivity contribution in [3.8, 4) is 11.4 Å². The third kappa shape index (κ3) is 4.62. The van der Waals surface area contributed by atoms with Crippen LogP contribution < -0.4 is 4.90 Å². The number of hydrogen-bond donors (Lipinski definition) is 0. The van der Waals surface area contributed by atoms with E-state index in [2.05, 4.69) is 63.9 Å². The molecule has 0 N–H and O–H groups in total. The zero-order valence-corrected chi connectivity index (χ0v) is 17.6. The van der Waals surface area contributed by atoms with Crippen LogP contribution in [0.3, 0.4) is 0 Å². The Balaban J connectivity index is 1.36. The first kappa shape index (κ1) is 19.5.